The van der Waals surface area contributed by atoms with Gasteiger partial charge in [0.1, 0.15) is 0 Å². The molecule has 4 heteroatoms. The molecule has 0 aromatic carbocycles. The van der Waals surface area contributed by atoms with E-state index in [0.717, 1.165) is 51.8 Å². The second kappa shape index (κ2) is 10.6. The highest BCUT2D eigenvalue weighted by molar-refractivity contribution is 4.82. The number of hydrogen-bond acceptors (Lipinski definition) is 4. The van der Waals surface area contributed by atoms with Crippen molar-refractivity contribution >= 4 is 0 Å². The Bertz CT molecular complexity index is 231. The molecule has 0 bridgehead atoms. The van der Waals surface area contributed by atoms with E-state index in [9.17, 15) is 5.11 Å². The van der Waals surface area contributed by atoms with E-state index in [-0.39, 0.29) is 6.10 Å². The van der Waals surface area contributed by atoms with Crippen LogP contribution in [0.15, 0.2) is 0 Å². The minimum atomic E-state index is -0.367. The minimum Gasteiger partial charge on any atom is -0.389 e. The Balaban J connectivity index is 2.30. The molecular weight excluding hydrogens is 252 g/mol. The van der Waals surface area contributed by atoms with Crippen LogP contribution < -0.4 is 5.73 Å². The quantitative estimate of drug-likeness (QED) is 0.604. The summed E-state index contributed by atoms with van der Waals surface area (Å²) >= 11 is 0. The van der Waals surface area contributed by atoms with Crippen molar-refractivity contribution in [2.24, 2.45) is 5.73 Å². The van der Waals surface area contributed by atoms with Crippen molar-refractivity contribution in [1.29, 1.82) is 0 Å². The van der Waals surface area contributed by atoms with E-state index in [1.54, 1.807) is 0 Å². The first-order valence-corrected chi connectivity index (χ1v) is 8.42. The zero-order valence-electron chi connectivity index (χ0n) is 13.4. The Morgan fingerprint density at radius 1 is 1.20 bits per heavy atom. The van der Waals surface area contributed by atoms with Crippen LogP contribution in [0, 0.1) is 0 Å². The monoisotopic (exact) mass is 286 g/mol. The standard InChI is InChI=1S/C16H34N2O2/c1-3-5-11-20-13-16(19)12-18(10-4-2)15-8-6-14(17)7-9-15/h14-16,19H,3-13,17H2,1-2H3. The lowest BCUT2D eigenvalue weighted by Gasteiger charge is -2.37. The van der Waals surface area contributed by atoms with E-state index in [0.29, 0.717) is 18.7 Å². The lowest BCUT2D eigenvalue weighted by atomic mass is 9.90. The molecule has 1 saturated carbocycles. The first-order chi connectivity index (χ1) is 9.67. The second-order valence-electron chi connectivity index (χ2n) is 6.15. The van der Waals surface area contributed by atoms with Crippen molar-refractivity contribution in [2.45, 2.75) is 77.0 Å². The van der Waals surface area contributed by atoms with Gasteiger partial charge in [0.25, 0.3) is 0 Å². The van der Waals surface area contributed by atoms with Gasteiger partial charge < -0.3 is 15.6 Å². The Kier molecular flexibility index (Phi) is 9.44. The lowest BCUT2D eigenvalue weighted by Crippen LogP contribution is -2.45. The van der Waals surface area contributed by atoms with Gasteiger partial charge >= 0.3 is 0 Å². The summed E-state index contributed by atoms with van der Waals surface area (Å²) in [6.07, 6.45) is 7.56. The molecule has 0 aliphatic heterocycles. The number of hydrogen-bond donors (Lipinski definition) is 2. The number of ether oxygens (including phenoxy) is 1. The van der Waals surface area contributed by atoms with Crippen LogP contribution in [0.4, 0.5) is 0 Å². The van der Waals surface area contributed by atoms with Gasteiger partial charge in [-0.25, -0.2) is 0 Å². The normalized spacial score (nSPS) is 25.1. The molecule has 0 heterocycles. The zero-order valence-corrected chi connectivity index (χ0v) is 13.4. The molecule has 20 heavy (non-hydrogen) atoms. The average Bonchev–Trinajstić information content (AvgIpc) is 2.44. The molecule has 1 unspecified atom stereocenters. The molecule has 0 aromatic heterocycles. The Morgan fingerprint density at radius 2 is 1.90 bits per heavy atom. The van der Waals surface area contributed by atoms with Gasteiger partial charge in [-0.2, -0.15) is 0 Å². The van der Waals surface area contributed by atoms with Gasteiger partial charge in [-0.15, -0.1) is 0 Å². The highest BCUT2D eigenvalue weighted by Gasteiger charge is 2.25. The summed E-state index contributed by atoms with van der Waals surface area (Å²) in [4.78, 5) is 2.44. The third kappa shape index (κ3) is 7.02. The number of rotatable bonds is 10. The van der Waals surface area contributed by atoms with Gasteiger partial charge in [0, 0.05) is 25.2 Å². The third-order valence-corrected chi connectivity index (χ3v) is 4.17. The van der Waals surface area contributed by atoms with Crippen molar-refractivity contribution in [2.75, 3.05) is 26.3 Å². The summed E-state index contributed by atoms with van der Waals surface area (Å²) in [6, 6.07) is 0.983. The third-order valence-electron chi connectivity index (χ3n) is 4.17. The zero-order chi connectivity index (χ0) is 14.8. The van der Waals surface area contributed by atoms with Gasteiger partial charge in [0.2, 0.25) is 0 Å². The maximum Gasteiger partial charge on any atom is 0.0900 e. The molecule has 0 saturated heterocycles. The van der Waals surface area contributed by atoms with E-state index in [1.807, 2.05) is 0 Å². The van der Waals surface area contributed by atoms with Crippen molar-refractivity contribution < 1.29 is 9.84 Å². The Hall–Kier alpha value is -0.160. The summed E-state index contributed by atoms with van der Waals surface area (Å²) in [5.74, 6) is 0. The van der Waals surface area contributed by atoms with E-state index in [1.165, 1.54) is 12.8 Å². The number of aliphatic hydroxyl groups is 1. The van der Waals surface area contributed by atoms with Gasteiger partial charge in [-0.05, 0) is 45.1 Å². The van der Waals surface area contributed by atoms with Crippen molar-refractivity contribution in [1.82, 2.24) is 4.90 Å². The van der Waals surface area contributed by atoms with E-state index >= 15 is 0 Å². The molecule has 3 N–H and O–H groups in total. The topological polar surface area (TPSA) is 58.7 Å². The summed E-state index contributed by atoms with van der Waals surface area (Å²) in [6.45, 7) is 7.38. The lowest BCUT2D eigenvalue weighted by molar-refractivity contribution is 0.00331. The molecule has 0 aromatic rings. The Labute approximate surface area is 124 Å². The van der Waals surface area contributed by atoms with Crippen molar-refractivity contribution in [3.05, 3.63) is 0 Å². The molecule has 1 fully saturated rings. The van der Waals surface area contributed by atoms with Crippen LogP contribution in [0.1, 0.15) is 58.8 Å². The van der Waals surface area contributed by atoms with E-state index in [4.69, 9.17) is 10.5 Å². The number of nitrogens with two attached hydrogens (primary N) is 1. The smallest absolute Gasteiger partial charge is 0.0900 e. The molecule has 1 aliphatic carbocycles. The van der Waals surface area contributed by atoms with Crippen LogP contribution in [0.2, 0.25) is 0 Å². The fraction of sp³-hybridized carbons (Fsp3) is 1.00. The predicted molar refractivity (Wildman–Crippen MR) is 83.8 cm³/mol. The van der Waals surface area contributed by atoms with E-state index in [2.05, 4.69) is 18.7 Å². The summed E-state index contributed by atoms with van der Waals surface area (Å²) in [5, 5.41) is 10.1. The van der Waals surface area contributed by atoms with E-state index < -0.39 is 0 Å². The molecule has 0 amide bonds. The first kappa shape index (κ1) is 17.9. The van der Waals surface area contributed by atoms with Crippen LogP contribution in [-0.4, -0.2) is 54.5 Å². The predicted octanol–water partition coefficient (Wildman–Crippen LogP) is 2.15. The molecule has 1 rings (SSSR count). The minimum absolute atomic E-state index is 0.367. The molecule has 0 radical (unpaired) electrons. The molecular formula is C16H34N2O2. The van der Waals surface area contributed by atoms with Crippen molar-refractivity contribution in [3.63, 3.8) is 0 Å². The Morgan fingerprint density at radius 3 is 2.50 bits per heavy atom. The molecule has 120 valence electrons. The highest BCUT2D eigenvalue weighted by Crippen LogP contribution is 2.22. The van der Waals surface area contributed by atoms with Crippen LogP contribution in [-0.2, 0) is 4.74 Å². The molecule has 1 aliphatic rings. The van der Waals surface area contributed by atoms with Gasteiger partial charge in [-0.1, -0.05) is 20.3 Å². The van der Waals surface area contributed by atoms with Gasteiger partial charge in [0.15, 0.2) is 0 Å². The summed E-state index contributed by atoms with van der Waals surface area (Å²) in [7, 11) is 0. The average molecular weight is 286 g/mol. The van der Waals surface area contributed by atoms with Crippen LogP contribution in [0.25, 0.3) is 0 Å². The van der Waals surface area contributed by atoms with Gasteiger partial charge in [0.05, 0.1) is 12.7 Å². The first-order valence-electron chi connectivity index (χ1n) is 8.42. The van der Waals surface area contributed by atoms with Crippen LogP contribution in [0.5, 0.6) is 0 Å². The summed E-state index contributed by atoms with van der Waals surface area (Å²) in [5.41, 5.74) is 5.98. The molecule has 4 nitrogen and oxygen atoms in total. The maximum absolute atomic E-state index is 10.1. The molecule has 1 atom stereocenters. The molecule has 0 spiro atoms. The number of aliphatic hydroxyl groups excluding tert-OH is 1. The second-order valence-corrected chi connectivity index (χ2v) is 6.15. The fourth-order valence-corrected chi connectivity index (χ4v) is 2.97. The number of nitrogens with zero attached hydrogens (tertiary/aromatic N) is 1. The number of unbranched alkanes of at least 4 members (excludes halogenated alkanes) is 1. The SMILES string of the molecule is CCCCOCC(O)CN(CCC)C1CCC(N)CC1. The van der Waals surface area contributed by atoms with Gasteiger partial charge in [-0.3, -0.25) is 4.90 Å². The van der Waals surface area contributed by atoms with Crippen molar-refractivity contribution in [3.8, 4) is 0 Å². The fourth-order valence-electron chi connectivity index (χ4n) is 2.97. The highest BCUT2D eigenvalue weighted by atomic mass is 16.5. The largest absolute Gasteiger partial charge is 0.389 e. The maximum atomic E-state index is 10.1. The summed E-state index contributed by atoms with van der Waals surface area (Å²) < 4.78 is 5.52. The van der Waals surface area contributed by atoms with Crippen LogP contribution in [0.3, 0.4) is 0 Å². The van der Waals surface area contributed by atoms with Crippen LogP contribution >= 0.6 is 0 Å².